The summed E-state index contributed by atoms with van der Waals surface area (Å²) in [6.45, 7) is 0. The van der Waals surface area contributed by atoms with Gasteiger partial charge in [0.1, 0.15) is 5.82 Å². The molecule has 0 spiro atoms. The third-order valence-corrected chi connectivity index (χ3v) is 4.75. The Bertz CT molecular complexity index is 599. The first-order valence-electron chi connectivity index (χ1n) is 6.08. The molecule has 0 fully saturated rings. The number of halogens is 4. The molecule has 0 amide bonds. The summed E-state index contributed by atoms with van der Waals surface area (Å²) in [6.07, 6.45) is 0.458. The summed E-state index contributed by atoms with van der Waals surface area (Å²) in [4.78, 5) is 0. The van der Waals surface area contributed by atoms with Crippen LogP contribution in [0.25, 0.3) is 0 Å². The fourth-order valence-corrected chi connectivity index (χ4v) is 2.72. The first kappa shape index (κ1) is 15.8. The van der Waals surface area contributed by atoms with E-state index in [1.54, 1.807) is 12.1 Å². The van der Waals surface area contributed by atoms with Gasteiger partial charge in [-0.25, -0.2) is 4.39 Å². The number of rotatable bonds is 4. The molecular formula is C15H13BrCl2FN. The Kier molecular flexibility index (Phi) is 5.44. The van der Waals surface area contributed by atoms with Crippen LogP contribution in [0.3, 0.4) is 0 Å². The minimum Gasteiger partial charge on any atom is -0.313 e. The number of likely N-dealkylation sites (N-methyl/N-ethyl adjacent to an activating group) is 1. The zero-order valence-electron chi connectivity index (χ0n) is 10.8. The predicted octanol–water partition coefficient (Wildman–Crippen LogP) is 5.40. The van der Waals surface area contributed by atoms with Crippen molar-refractivity contribution in [3.05, 3.63) is 67.9 Å². The molecule has 0 saturated carbocycles. The molecule has 20 heavy (non-hydrogen) atoms. The highest BCUT2D eigenvalue weighted by molar-refractivity contribution is 9.10. The minimum absolute atomic E-state index is 0.0602. The van der Waals surface area contributed by atoms with Gasteiger partial charge >= 0.3 is 0 Å². The van der Waals surface area contributed by atoms with Gasteiger partial charge in [-0.05, 0) is 59.2 Å². The Morgan fingerprint density at radius 3 is 2.55 bits per heavy atom. The standard InChI is InChI=1S/C15H13BrCl2FN/c1-20-15(9-5-6-11(16)13(18)7-9)8-10-12(17)3-2-4-14(10)19/h2-7,15,20H,8H2,1H3. The first-order valence-corrected chi connectivity index (χ1v) is 7.63. The zero-order valence-corrected chi connectivity index (χ0v) is 13.9. The van der Waals surface area contributed by atoms with E-state index < -0.39 is 0 Å². The summed E-state index contributed by atoms with van der Waals surface area (Å²) in [5, 5.41) is 4.23. The maximum Gasteiger partial charge on any atom is 0.127 e. The zero-order chi connectivity index (χ0) is 14.7. The lowest BCUT2D eigenvalue weighted by Gasteiger charge is -2.18. The Labute approximate surface area is 136 Å². The summed E-state index contributed by atoms with van der Waals surface area (Å²) in [6, 6.07) is 10.4. The van der Waals surface area contributed by atoms with Crippen molar-refractivity contribution >= 4 is 39.1 Å². The van der Waals surface area contributed by atoms with Crippen molar-refractivity contribution < 1.29 is 4.39 Å². The Morgan fingerprint density at radius 1 is 1.20 bits per heavy atom. The lowest BCUT2D eigenvalue weighted by Crippen LogP contribution is -2.19. The van der Waals surface area contributed by atoms with Crippen molar-refractivity contribution in [2.24, 2.45) is 0 Å². The topological polar surface area (TPSA) is 12.0 Å². The lowest BCUT2D eigenvalue weighted by molar-refractivity contribution is 0.554. The molecule has 0 saturated heterocycles. The maximum absolute atomic E-state index is 13.9. The van der Waals surface area contributed by atoms with Crippen LogP contribution >= 0.6 is 39.1 Å². The maximum atomic E-state index is 13.9. The molecule has 2 aromatic rings. The van der Waals surface area contributed by atoms with Gasteiger partial charge in [-0.2, -0.15) is 0 Å². The molecule has 106 valence electrons. The number of nitrogens with one attached hydrogen (secondary N) is 1. The van der Waals surface area contributed by atoms with Gasteiger partial charge in [-0.15, -0.1) is 0 Å². The van der Waals surface area contributed by atoms with E-state index in [-0.39, 0.29) is 11.9 Å². The van der Waals surface area contributed by atoms with Crippen LogP contribution in [0.4, 0.5) is 4.39 Å². The van der Waals surface area contributed by atoms with E-state index in [1.165, 1.54) is 6.07 Å². The smallest absolute Gasteiger partial charge is 0.127 e. The van der Waals surface area contributed by atoms with E-state index in [1.807, 2.05) is 25.2 Å². The van der Waals surface area contributed by atoms with Crippen molar-refractivity contribution in [2.75, 3.05) is 7.05 Å². The molecule has 1 N–H and O–H groups in total. The van der Waals surface area contributed by atoms with Crippen LogP contribution in [0.5, 0.6) is 0 Å². The Balaban J connectivity index is 2.31. The van der Waals surface area contributed by atoms with E-state index in [9.17, 15) is 4.39 Å². The third kappa shape index (κ3) is 3.53. The number of benzene rings is 2. The summed E-state index contributed by atoms with van der Waals surface area (Å²) in [5.41, 5.74) is 1.49. The normalized spacial score (nSPS) is 12.4. The molecule has 1 nitrogen and oxygen atoms in total. The Morgan fingerprint density at radius 2 is 1.95 bits per heavy atom. The van der Waals surface area contributed by atoms with E-state index >= 15 is 0 Å². The fraction of sp³-hybridized carbons (Fsp3) is 0.200. The minimum atomic E-state index is -0.291. The van der Waals surface area contributed by atoms with Crippen molar-refractivity contribution in [3.8, 4) is 0 Å². The van der Waals surface area contributed by atoms with Gasteiger partial charge in [0.2, 0.25) is 0 Å². The van der Waals surface area contributed by atoms with Gasteiger partial charge in [0.25, 0.3) is 0 Å². The molecule has 0 aromatic heterocycles. The van der Waals surface area contributed by atoms with E-state index in [0.717, 1.165) is 10.0 Å². The third-order valence-electron chi connectivity index (χ3n) is 3.16. The number of hydrogen-bond donors (Lipinski definition) is 1. The van der Waals surface area contributed by atoms with Crippen molar-refractivity contribution in [1.82, 2.24) is 5.32 Å². The fourth-order valence-electron chi connectivity index (χ4n) is 2.05. The van der Waals surface area contributed by atoms with Gasteiger partial charge in [0.05, 0.1) is 5.02 Å². The predicted molar refractivity (Wildman–Crippen MR) is 86.1 cm³/mol. The highest BCUT2D eigenvalue weighted by atomic mass is 79.9. The van der Waals surface area contributed by atoms with E-state index in [4.69, 9.17) is 23.2 Å². The van der Waals surface area contributed by atoms with Gasteiger partial charge in [-0.1, -0.05) is 35.3 Å². The Hall–Kier alpha value is -0.610. The van der Waals surface area contributed by atoms with Crippen molar-refractivity contribution in [1.29, 1.82) is 0 Å². The molecular weight excluding hydrogens is 364 g/mol. The largest absolute Gasteiger partial charge is 0.313 e. The molecule has 0 aliphatic carbocycles. The second kappa shape index (κ2) is 6.90. The van der Waals surface area contributed by atoms with Crippen LogP contribution in [0.15, 0.2) is 40.9 Å². The second-order valence-corrected chi connectivity index (χ2v) is 6.09. The van der Waals surface area contributed by atoms with Crippen LogP contribution < -0.4 is 5.32 Å². The summed E-state index contributed by atoms with van der Waals surface area (Å²) < 4.78 is 14.7. The average molecular weight is 377 g/mol. The highest BCUT2D eigenvalue weighted by Crippen LogP contribution is 2.29. The van der Waals surface area contributed by atoms with Crippen LogP contribution in [0, 0.1) is 5.82 Å². The van der Waals surface area contributed by atoms with Crippen molar-refractivity contribution in [3.63, 3.8) is 0 Å². The molecule has 1 atom stereocenters. The van der Waals surface area contributed by atoms with Gasteiger partial charge in [0, 0.05) is 21.1 Å². The van der Waals surface area contributed by atoms with Crippen molar-refractivity contribution in [2.45, 2.75) is 12.5 Å². The SMILES string of the molecule is CNC(Cc1c(F)cccc1Cl)c1ccc(Br)c(Cl)c1. The summed E-state index contributed by atoms with van der Waals surface area (Å²) >= 11 is 15.5. The quantitative estimate of drug-likeness (QED) is 0.753. The molecule has 0 aliphatic rings. The van der Waals surface area contributed by atoms with E-state index in [0.29, 0.717) is 22.0 Å². The van der Waals surface area contributed by atoms with Crippen LogP contribution in [0.1, 0.15) is 17.2 Å². The molecule has 0 aliphatic heterocycles. The van der Waals surface area contributed by atoms with Crippen LogP contribution in [-0.4, -0.2) is 7.05 Å². The summed E-state index contributed by atoms with van der Waals surface area (Å²) in [7, 11) is 1.83. The van der Waals surface area contributed by atoms with Gasteiger partial charge in [0.15, 0.2) is 0 Å². The lowest BCUT2D eigenvalue weighted by atomic mass is 9.98. The molecule has 2 rings (SSSR count). The highest BCUT2D eigenvalue weighted by Gasteiger charge is 2.16. The molecule has 0 heterocycles. The molecule has 2 aromatic carbocycles. The molecule has 5 heteroatoms. The molecule has 0 bridgehead atoms. The summed E-state index contributed by atoms with van der Waals surface area (Å²) in [5.74, 6) is -0.291. The number of hydrogen-bond acceptors (Lipinski definition) is 1. The van der Waals surface area contributed by atoms with Crippen LogP contribution in [0.2, 0.25) is 10.0 Å². The average Bonchev–Trinajstić information content (AvgIpc) is 2.42. The monoisotopic (exact) mass is 375 g/mol. The first-order chi connectivity index (χ1) is 9.52. The molecule has 1 unspecified atom stereocenters. The van der Waals surface area contributed by atoms with Gasteiger partial charge < -0.3 is 5.32 Å². The molecule has 0 radical (unpaired) electrons. The van der Waals surface area contributed by atoms with Crippen LogP contribution in [-0.2, 0) is 6.42 Å². The van der Waals surface area contributed by atoms with Gasteiger partial charge in [-0.3, -0.25) is 0 Å². The van der Waals surface area contributed by atoms with E-state index in [2.05, 4.69) is 21.2 Å². The second-order valence-electron chi connectivity index (χ2n) is 4.42.